The van der Waals surface area contributed by atoms with Crippen LogP contribution in [0.3, 0.4) is 0 Å². The number of aliphatic hydroxyl groups excluding tert-OH is 2. The van der Waals surface area contributed by atoms with Crippen molar-refractivity contribution >= 4 is 11.9 Å². The lowest BCUT2D eigenvalue weighted by atomic mass is 10.0. The van der Waals surface area contributed by atoms with Gasteiger partial charge in [-0.15, -0.1) is 0 Å². The van der Waals surface area contributed by atoms with Crippen molar-refractivity contribution in [2.75, 3.05) is 6.61 Å². The fourth-order valence-corrected chi connectivity index (χ4v) is 7.05. The summed E-state index contributed by atoms with van der Waals surface area (Å²) >= 11 is 0. The van der Waals surface area contributed by atoms with Crippen LogP contribution in [0.1, 0.15) is 233 Å². The molecule has 0 aliphatic carbocycles. The Hall–Kier alpha value is -2.44. The first kappa shape index (κ1) is 55.6. The van der Waals surface area contributed by atoms with E-state index >= 15 is 0 Å². The van der Waals surface area contributed by atoms with Crippen molar-refractivity contribution in [1.82, 2.24) is 5.32 Å². The van der Waals surface area contributed by atoms with Crippen LogP contribution in [0.25, 0.3) is 0 Å². The minimum atomic E-state index is -0.803. The van der Waals surface area contributed by atoms with Crippen LogP contribution in [-0.4, -0.2) is 46.9 Å². The normalized spacial score (nSPS) is 13.8. The van der Waals surface area contributed by atoms with Crippen LogP contribution in [0, 0.1) is 0 Å². The molecular weight excluding hydrogens is 719 g/mol. The molecule has 0 saturated carbocycles. The van der Waals surface area contributed by atoms with Crippen molar-refractivity contribution in [3.8, 4) is 0 Å². The number of amides is 1. The molecule has 58 heavy (non-hydrogen) atoms. The van der Waals surface area contributed by atoms with Crippen molar-refractivity contribution in [2.24, 2.45) is 0 Å². The van der Waals surface area contributed by atoms with Gasteiger partial charge in [0.15, 0.2) is 0 Å². The van der Waals surface area contributed by atoms with Gasteiger partial charge in [-0.2, -0.15) is 0 Å². The van der Waals surface area contributed by atoms with Gasteiger partial charge in [0.25, 0.3) is 0 Å². The summed E-state index contributed by atoms with van der Waals surface area (Å²) in [7, 11) is 0. The molecule has 3 atom stereocenters. The number of unbranched alkanes of at least 4 members (excludes halogenated alkanes) is 21. The molecule has 0 aromatic heterocycles. The Morgan fingerprint density at radius 1 is 0.500 bits per heavy atom. The zero-order valence-electron chi connectivity index (χ0n) is 38.2. The SMILES string of the molecule is CCCC/C=C\CCCCCCCC(=O)OC(CCC/C=C\C/C=C\C/C=C\C/C=C\CCCCC)CC(=O)NC(CO)C(O)CCCCCCCCCCCCC. The van der Waals surface area contributed by atoms with Crippen molar-refractivity contribution in [1.29, 1.82) is 0 Å². The largest absolute Gasteiger partial charge is 0.462 e. The third-order valence-electron chi connectivity index (χ3n) is 10.8. The van der Waals surface area contributed by atoms with Crippen LogP contribution in [0.4, 0.5) is 0 Å². The highest BCUT2D eigenvalue weighted by atomic mass is 16.5. The first-order valence-electron chi connectivity index (χ1n) is 24.5. The summed E-state index contributed by atoms with van der Waals surface area (Å²) in [5.41, 5.74) is 0. The fraction of sp³-hybridized carbons (Fsp3) is 0.769. The van der Waals surface area contributed by atoms with E-state index in [4.69, 9.17) is 4.74 Å². The molecule has 1 amide bonds. The molecule has 0 heterocycles. The summed E-state index contributed by atoms with van der Waals surface area (Å²) in [4.78, 5) is 26.0. The molecule has 6 heteroatoms. The first-order chi connectivity index (χ1) is 28.5. The Morgan fingerprint density at radius 3 is 1.47 bits per heavy atom. The van der Waals surface area contributed by atoms with E-state index in [1.54, 1.807) is 0 Å². The van der Waals surface area contributed by atoms with Crippen LogP contribution >= 0.6 is 0 Å². The Kier molecular flexibility index (Phi) is 43.7. The zero-order valence-corrected chi connectivity index (χ0v) is 38.2. The Labute approximate surface area is 358 Å². The first-order valence-corrected chi connectivity index (χ1v) is 24.5. The average molecular weight is 812 g/mol. The number of hydrogen-bond donors (Lipinski definition) is 3. The monoisotopic (exact) mass is 812 g/mol. The maximum absolute atomic E-state index is 13.2. The minimum Gasteiger partial charge on any atom is -0.462 e. The van der Waals surface area contributed by atoms with Gasteiger partial charge in [0, 0.05) is 6.42 Å². The topological polar surface area (TPSA) is 95.9 Å². The van der Waals surface area contributed by atoms with Gasteiger partial charge in [-0.05, 0) is 83.5 Å². The van der Waals surface area contributed by atoms with Gasteiger partial charge < -0.3 is 20.3 Å². The number of carbonyl (C=O) groups is 2. The number of rotatable bonds is 43. The van der Waals surface area contributed by atoms with Crippen molar-refractivity contribution in [3.05, 3.63) is 60.8 Å². The fourth-order valence-electron chi connectivity index (χ4n) is 7.05. The molecular formula is C52H93NO5. The number of hydrogen-bond acceptors (Lipinski definition) is 5. The van der Waals surface area contributed by atoms with Crippen LogP contribution < -0.4 is 5.32 Å². The standard InChI is InChI=1S/C52H93NO5/c1-4-7-10-13-16-19-22-23-24-25-26-27-30-31-34-37-40-43-48(58-52(57)45-42-39-36-33-29-21-18-15-12-9-6-3)46-51(56)53-49(47-54)50(55)44-41-38-35-32-28-20-17-14-11-8-5-2/h15-16,18-19,23-24,26-27,31,34,48-50,54-55H,4-14,17,20-22,25,28-30,32-33,35-47H2,1-3H3,(H,53,56)/b18-15-,19-16-,24-23-,27-26-,34-31-. The van der Waals surface area contributed by atoms with Crippen molar-refractivity contribution in [3.63, 3.8) is 0 Å². The lowest BCUT2D eigenvalue weighted by Crippen LogP contribution is -2.46. The number of aliphatic hydroxyl groups is 2. The van der Waals surface area contributed by atoms with Gasteiger partial charge in [-0.1, -0.05) is 197 Å². The molecule has 0 aliphatic rings. The quantitative estimate of drug-likeness (QED) is 0.0324. The van der Waals surface area contributed by atoms with Crippen LogP contribution in [-0.2, 0) is 14.3 Å². The molecule has 0 aromatic carbocycles. The molecule has 3 unspecified atom stereocenters. The number of carbonyl (C=O) groups excluding carboxylic acids is 2. The van der Waals surface area contributed by atoms with Gasteiger partial charge in [-0.3, -0.25) is 9.59 Å². The van der Waals surface area contributed by atoms with E-state index in [9.17, 15) is 19.8 Å². The Morgan fingerprint density at radius 2 is 0.914 bits per heavy atom. The van der Waals surface area contributed by atoms with E-state index in [1.807, 2.05) is 0 Å². The predicted octanol–water partition coefficient (Wildman–Crippen LogP) is 14.5. The highest BCUT2D eigenvalue weighted by Crippen LogP contribution is 2.16. The van der Waals surface area contributed by atoms with E-state index in [1.165, 1.54) is 109 Å². The minimum absolute atomic E-state index is 0.0355. The summed E-state index contributed by atoms with van der Waals surface area (Å²) in [5.74, 6) is -0.541. The molecule has 0 aliphatic heterocycles. The second kappa shape index (κ2) is 45.6. The number of allylic oxidation sites excluding steroid dienone is 10. The average Bonchev–Trinajstić information content (AvgIpc) is 3.22. The summed E-state index contributed by atoms with van der Waals surface area (Å²) < 4.78 is 5.88. The maximum Gasteiger partial charge on any atom is 0.306 e. The molecule has 0 radical (unpaired) electrons. The van der Waals surface area contributed by atoms with E-state index in [-0.39, 0.29) is 24.9 Å². The molecule has 0 rings (SSSR count). The van der Waals surface area contributed by atoms with Crippen molar-refractivity contribution in [2.45, 2.75) is 251 Å². The molecule has 336 valence electrons. The van der Waals surface area contributed by atoms with E-state index < -0.39 is 18.2 Å². The van der Waals surface area contributed by atoms with Gasteiger partial charge in [0.05, 0.1) is 25.2 Å². The molecule has 0 saturated heterocycles. The van der Waals surface area contributed by atoms with Gasteiger partial charge in [-0.25, -0.2) is 0 Å². The molecule has 0 aromatic rings. The summed E-state index contributed by atoms with van der Waals surface area (Å²) in [6, 6.07) is -0.720. The number of nitrogens with one attached hydrogen (secondary N) is 1. The number of ether oxygens (including phenoxy) is 1. The van der Waals surface area contributed by atoms with Crippen LogP contribution in [0.5, 0.6) is 0 Å². The summed E-state index contributed by atoms with van der Waals surface area (Å²) in [6.45, 7) is 6.38. The lowest BCUT2D eigenvalue weighted by Gasteiger charge is -2.24. The third-order valence-corrected chi connectivity index (χ3v) is 10.8. The molecule has 0 fully saturated rings. The highest BCUT2D eigenvalue weighted by molar-refractivity contribution is 5.77. The molecule has 0 spiro atoms. The van der Waals surface area contributed by atoms with E-state index in [0.717, 1.165) is 77.0 Å². The second-order valence-corrected chi connectivity index (χ2v) is 16.5. The third kappa shape index (κ3) is 40.3. The van der Waals surface area contributed by atoms with Crippen molar-refractivity contribution < 1.29 is 24.5 Å². The lowest BCUT2D eigenvalue weighted by molar-refractivity contribution is -0.151. The molecule has 6 nitrogen and oxygen atoms in total. The predicted molar refractivity (Wildman–Crippen MR) is 250 cm³/mol. The zero-order chi connectivity index (χ0) is 42.4. The summed E-state index contributed by atoms with van der Waals surface area (Å²) in [5, 5.41) is 23.7. The Balaban J connectivity index is 4.72. The maximum atomic E-state index is 13.2. The smallest absolute Gasteiger partial charge is 0.306 e. The van der Waals surface area contributed by atoms with Crippen LogP contribution in [0.15, 0.2) is 60.8 Å². The molecule has 0 bridgehead atoms. The van der Waals surface area contributed by atoms with E-state index in [2.05, 4.69) is 86.8 Å². The highest BCUT2D eigenvalue weighted by Gasteiger charge is 2.24. The van der Waals surface area contributed by atoms with Gasteiger partial charge in [0.1, 0.15) is 6.10 Å². The Bertz CT molecular complexity index is 1050. The van der Waals surface area contributed by atoms with E-state index in [0.29, 0.717) is 19.3 Å². The van der Waals surface area contributed by atoms with Gasteiger partial charge in [0.2, 0.25) is 5.91 Å². The van der Waals surface area contributed by atoms with Gasteiger partial charge >= 0.3 is 5.97 Å². The van der Waals surface area contributed by atoms with Crippen LogP contribution in [0.2, 0.25) is 0 Å². The molecule has 3 N–H and O–H groups in total. The second-order valence-electron chi connectivity index (χ2n) is 16.5. The number of esters is 1. The summed E-state index contributed by atoms with van der Waals surface area (Å²) in [6.07, 6.45) is 55.6.